The van der Waals surface area contributed by atoms with Gasteiger partial charge < -0.3 is 10.3 Å². The summed E-state index contributed by atoms with van der Waals surface area (Å²) >= 11 is 0. The van der Waals surface area contributed by atoms with Gasteiger partial charge in [-0.3, -0.25) is 0 Å². The fourth-order valence-corrected chi connectivity index (χ4v) is 2.12. The SMILES string of the molecule is C1=CNc2ccccc2C=C1.c1ccc2[nH]ccc2c1. The van der Waals surface area contributed by atoms with Gasteiger partial charge in [-0.1, -0.05) is 48.6 Å². The van der Waals surface area contributed by atoms with E-state index in [1.807, 2.05) is 48.8 Å². The molecule has 0 fully saturated rings. The standard InChI is InChI=1S/C10H9N.C8H7N/c1-2-7-10-9(5-1)6-3-4-8-11-10;1-2-4-8-7(3-1)5-6-9-8/h1-8,11H;1-6,9H. The molecule has 0 aliphatic carbocycles. The fourth-order valence-electron chi connectivity index (χ4n) is 2.12. The summed E-state index contributed by atoms with van der Waals surface area (Å²) in [7, 11) is 0. The summed E-state index contributed by atoms with van der Waals surface area (Å²) in [5, 5.41) is 4.46. The predicted octanol–water partition coefficient (Wildman–Crippen LogP) is 4.81. The van der Waals surface area contributed by atoms with Crippen LogP contribution in [0.25, 0.3) is 17.0 Å². The number of aromatic nitrogens is 1. The van der Waals surface area contributed by atoms with E-state index in [-0.39, 0.29) is 0 Å². The van der Waals surface area contributed by atoms with Gasteiger partial charge in [0.05, 0.1) is 0 Å². The van der Waals surface area contributed by atoms with Crippen molar-refractivity contribution in [2.75, 3.05) is 5.32 Å². The highest BCUT2D eigenvalue weighted by Crippen LogP contribution is 2.18. The number of rotatable bonds is 0. The van der Waals surface area contributed by atoms with E-state index in [0.29, 0.717) is 0 Å². The minimum atomic E-state index is 1.16. The highest BCUT2D eigenvalue weighted by atomic mass is 14.8. The van der Waals surface area contributed by atoms with Gasteiger partial charge in [-0.15, -0.1) is 0 Å². The van der Waals surface area contributed by atoms with Crippen molar-refractivity contribution in [1.29, 1.82) is 0 Å². The molecule has 98 valence electrons. The van der Waals surface area contributed by atoms with E-state index in [2.05, 4.69) is 46.7 Å². The number of benzene rings is 2. The first-order valence-corrected chi connectivity index (χ1v) is 6.64. The predicted molar refractivity (Wildman–Crippen MR) is 86.5 cm³/mol. The number of para-hydroxylation sites is 2. The monoisotopic (exact) mass is 260 g/mol. The average Bonchev–Trinajstić information content (AvgIpc) is 2.85. The number of nitrogens with one attached hydrogen (secondary N) is 2. The molecule has 0 unspecified atom stereocenters. The third kappa shape index (κ3) is 2.81. The Labute approximate surface area is 118 Å². The Morgan fingerprint density at radius 2 is 1.60 bits per heavy atom. The molecule has 0 amide bonds. The van der Waals surface area contributed by atoms with Crippen molar-refractivity contribution in [3.05, 3.63) is 84.7 Å². The summed E-state index contributed by atoms with van der Waals surface area (Å²) in [5.74, 6) is 0. The normalized spacial score (nSPS) is 12.0. The van der Waals surface area contributed by atoms with Crippen LogP contribution in [0.4, 0.5) is 5.69 Å². The van der Waals surface area contributed by atoms with Gasteiger partial charge in [-0.25, -0.2) is 0 Å². The van der Waals surface area contributed by atoms with Crippen LogP contribution in [-0.2, 0) is 0 Å². The molecular formula is C18H16N2. The molecule has 0 radical (unpaired) electrons. The molecule has 2 heterocycles. The second-order valence-electron chi connectivity index (χ2n) is 4.51. The van der Waals surface area contributed by atoms with Crippen LogP contribution < -0.4 is 5.32 Å². The van der Waals surface area contributed by atoms with Crippen molar-refractivity contribution >= 4 is 22.7 Å². The van der Waals surface area contributed by atoms with E-state index < -0.39 is 0 Å². The third-order valence-corrected chi connectivity index (χ3v) is 3.15. The summed E-state index contributed by atoms with van der Waals surface area (Å²) in [5.41, 5.74) is 3.60. The first-order valence-electron chi connectivity index (χ1n) is 6.64. The molecule has 0 spiro atoms. The van der Waals surface area contributed by atoms with Crippen molar-refractivity contribution < 1.29 is 0 Å². The van der Waals surface area contributed by atoms with E-state index in [1.165, 1.54) is 16.5 Å². The molecule has 1 aromatic heterocycles. The van der Waals surface area contributed by atoms with E-state index in [9.17, 15) is 0 Å². The molecule has 1 aliphatic rings. The van der Waals surface area contributed by atoms with E-state index in [4.69, 9.17) is 0 Å². The van der Waals surface area contributed by atoms with Crippen molar-refractivity contribution in [1.82, 2.24) is 4.98 Å². The highest BCUT2D eigenvalue weighted by molar-refractivity contribution is 5.78. The maximum atomic E-state index is 3.18. The summed E-state index contributed by atoms with van der Waals surface area (Å²) < 4.78 is 0. The van der Waals surface area contributed by atoms with Crippen molar-refractivity contribution in [2.24, 2.45) is 0 Å². The van der Waals surface area contributed by atoms with Crippen LogP contribution >= 0.6 is 0 Å². The van der Waals surface area contributed by atoms with Gasteiger partial charge in [0.15, 0.2) is 0 Å². The number of fused-ring (bicyclic) bond motifs is 2. The van der Waals surface area contributed by atoms with Gasteiger partial charge in [0.25, 0.3) is 0 Å². The first-order chi connectivity index (χ1) is 9.93. The lowest BCUT2D eigenvalue weighted by atomic mass is 10.2. The average molecular weight is 260 g/mol. The van der Waals surface area contributed by atoms with Gasteiger partial charge in [0.1, 0.15) is 0 Å². The molecular weight excluding hydrogens is 244 g/mol. The van der Waals surface area contributed by atoms with E-state index >= 15 is 0 Å². The van der Waals surface area contributed by atoms with E-state index in [1.54, 1.807) is 0 Å². The maximum Gasteiger partial charge on any atom is 0.0453 e. The molecule has 0 bridgehead atoms. The quantitative estimate of drug-likeness (QED) is 0.596. The molecule has 2 heteroatoms. The molecule has 0 saturated heterocycles. The van der Waals surface area contributed by atoms with Crippen molar-refractivity contribution in [2.45, 2.75) is 0 Å². The smallest absolute Gasteiger partial charge is 0.0453 e. The molecule has 2 nitrogen and oxygen atoms in total. The number of hydrogen-bond donors (Lipinski definition) is 2. The lowest BCUT2D eigenvalue weighted by Gasteiger charge is -2.01. The van der Waals surface area contributed by atoms with Crippen LogP contribution in [0.15, 0.2) is 79.1 Å². The Balaban J connectivity index is 0.000000123. The number of anilines is 1. The Bertz CT molecular complexity index is 720. The zero-order chi connectivity index (χ0) is 13.6. The number of H-pyrrole nitrogens is 1. The van der Waals surface area contributed by atoms with Crippen LogP contribution in [0.2, 0.25) is 0 Å². The van der Waals surface area contributed by atoms with Gasteiger partial charge in [-0.05, 0) is 35.2 Å². The molecule has 20 heavy (non-hydrogen) atoms. The molecule has 3 aromatic rings. The number of allylic oxidation sites excluding steroid dienone is 2. The van der Waals surface area contributed by atoms with Crippen LogP contribution in [-0.4, -0.2) is 4.98 Å². The third-order valence-electron chi connectivity index (χ3n) is 3.15. The molecule has 2 aromatic carbocycles. The minimum Gasteiger partial charge on any atom is -0.361 e. The Morgan fingerprint density at radius 3 is 2.55 bits per heavy atom. The Morgan fingerprint density at radius 1 is 0.750 bits per heavy atom. The van der Waals surface area contributed by atoms with E-state index in [0.717, 1.165) is 5.69 Å². The number of aromatic amines is 1. The second kappa shape index (κ2) is 5.93. The second-order valence-corrected chi connectivity index (χ2v) is 4.51. The highest BCUT2D eigenvalue weighted by Gasteiger charge is 1.95. The number of hydrogen-bond acceptors (Lipinski definition) is 1. The van der Waals surface area contributed by atoms with Gasteiger partial charge in [-0.2, -0.15) is 0 Å². The molecule has 1 aliphatic heterocycles. The molecule has 0 saturated carbocycles. The lowest BCUT2D eigenvalue weighted by Crippen LogP contribution is -1.87. The Kier molecular flexibility index (Phi) is 3.65. The molecule has 2 N–H and O–H groups in total. The summed E-state index contributed by atoms with van der Waals surface area (Å²) in [6.45, 7) is 0. The molecule has 0 atom stereocenters. The summed E-state index contributed by atoms with van der Waals surface area (Å²) in [6, 6.07) is 18.5. The summed E-state index contributed by atoms with van der Waals surface area (Å²) in [6.07, 6.45) is 9.98. The zero-order valence-electron chi connectivity index (χ0n) is 11.1. The largest absolute Gasteiger partial charge is 0.361 e. The van der Waals surface area contributed by atoms with Crippen LogP contribution in [0.1, 0.15) is 5.56 Å². The maximum absolute atomic E-state index is 3.18. The lowest BCUT2D eigenvalue weighted by molar-refractivity contribution is 1.48. The van der Waals surface area contributed by atoms with Gasteiger partial charge in [0.2, 0.25) is 0 Å². The van der Waals surface area contributed by atoms with Gasteiger partial charge in [0, 0.05) is 23.6 Å². The van der Waals surface area contributed by atoms with Crippen molar-refractivity contribution in [3.8, 4) is 0 Å². The summed E-state index contributed by atoms with van der Waals surface area (Å²) in [4.78, 5) is 3.12. The van der Waals surface area contributed by atoms with Crippen molar-refractivity contribution in [3.63, 3.8) is 0 Å². The van der Waals surface area contributed by atoms with Crippen LogP contribution in [0, 0.1) is 0 Å². The first kappa shape index (κ1) is 12.3. The fraction of sp³-hybridized carbons (Fsp3) is 0. The molecule has 4 rings (SSSR count). The van der Waals surface area contributed by atoms with Crippen LogP contribution in [0.5, 0.6) is 0 Å². The minimum absolute atomic E-state index is 1.16. The Hall–Kier alpha value is -2.74. The van der Waals surface area contributed by atoms with Crippen LogP contribution in [0.3, 0.4) is 0 Å². The van der Waals surface area contributed by atoms with Gasteiger partial charge >= 0.3 is 0 Å². The topological polar surface area (TPSA) is 27.8 Å². The zero-order valence-corrected chi connectivity index (χ0v) is 11.1.